The number of anilines is 4. The number of nitrogens with two attached hydrogens (primary N) is 2. The molecule has 0 unspecified atom stereocenters. The van der Waals surface area contributed by atoms with Gasteiger partial charge in [0.05, 0.1) is 142 Å². The Morgan fingerprint density at radius 3 is 1.02 bits per heavy atom. The van der Waals surface area contributed by atoms with Gasteiger partial charge in [-0.3, -0.25) is 19.2 Å². The van der Waals surface area contributed by atoms with Crippen molar-refractivity contribution in [1.82, 2.24) is 0 Å². The van der Waals surface area contributed by atoms with Crippen LogP contribution in [-0.2, 0) is 0 Å². The highest BCUT2D eigenvalue weighted by Crippen LogP contribution is 2.37. The summed E-state index contributed by atoms with van der Waals surface area (Å²) in [4.78, 5) is 53.5. The van der Waals surface area contributed by atoms with Crippen molar-refractivity contribution >= 4 is 67.5 Å². The fourth-order valence-electron chi connectivity index (χ4n) is 9.24. The largest absolute Gasteiger partial charge is 0.398 e. The van der Waals surface area contributed by atoms with E-state index in [0.29, 0.717) is 80.3 Å². The molecule has 0 spiro atoms. The minimum Gasteiger partial charge on any atom is -0.398 e. The highest BCUT2D eigenvalue weighted by Gasteiger charge is 2.35. The fourth-order valence-corrected chi connectivity index (χ4v) is 11.8. The maximum absolute atomic E-state index is 13.5. The molecule has 354 valence electrons. The molecule has 12 nitrogen and oxygen atoms in total. The molecule has 0 fully saturated rings. The molecule has 6 rings (SSSR count). The summed E-state index contributed by atoms with van der Waals surface area (Å²) in [7, 11) is 22.6. The third kappa shape index (κ3) is 12.6. The van der Waals surface area contributed by atoms with E-state index in [2.05, 4.69) is 67.0 Å². The number of hydrogen-bond acceptors (Lipinski definition) is 10. The van der Waals surface area contributed by atoms with Gasteiger partial charge in [-0.05, 0) is 24.3 Å². The topological polar surface area (TPSA) is 144 Å². The number of ketones is 4. The SMILES string of the molecule is C[N+](C)(CCCNc1ccc(N)c2c1C(=O)c1ccccc1C2=O)CCC[N+](C)(C)CCSSCC[N+](C)(C)CCC[N+](C)(C)CCCNc1ccc(N)c2c1C(=O)c1ccccc1C2=O. The minimum absolute atomic E-state index is 0.155. The van der Waals surface area contributed by atoms with Gasteiger partial charge in [0.1, 0.15) is 0 Å². The summed E-state index contributed by atoms with van der Waals surface area (Å²) in [6, 6.07) is 21.0. The molecule has 6 N–H and O–H groups in total. The van der Waals surface area contributed by atoms with E-state index in [4.69, 9.17) is 11.5 Å². The van der Waals surface area contributed by atoms with Crippen molar-refractivity contribution in [2.75, 3.05) is 155 Å². The standard InChI is InChI=1S/C52H70N8O4S2/c1-57(2,27-13-25-55-43-23-21-41(53)45-47(43)51(63)39-19-11-9-17-37(39)49(45)61)29-15-31-59(5,6)33-35-65-66-36-34-60(7,8)32-16-30-58(3,4)28-14-26-56-44-24-22-42(54)46-48(44)52(64)40-20-12-10-18-38(40)50(46)62/h9-12,17-24H,13-16,25-36H2,1-8H3,(H2-4,53,54,55,56,61,62,63,64)/p+4. The van der Waals surface area contributed by atoms with E-state index in [9.17, 15) is 19.2 Å². The molecule has 0 bridgehead atoms. The summed E-state index contributed by atoms with van der Waals surface area (Å²) in [6.07, 6.45) is 4.17. The minimum atomic E-state index is -0.191. The van der Waals surface area contributed by atoms with Gasteiger partial charge in [0.2, 0.25) is 0 Å². The number of quaternary nitrogens is 4. The van der Waals surface area contributed by atoms with Gasteiger partial charge in [0, 0.05) is 83.8 Å². The Balaban J connectivity index is 0.815. The van der Waals surface area contributed by atoms with E-state index >= 15 is 0 Å². The van der Waals surface area contributed by atoms with Crippen LogP contribution in [0.1, 0.15) is 89.4 Å². The van der Waals surface area contributed by atoms with Crippen LogP contribution in [0.25, 0.3) is 0 Å². The summed E-state index contributed by atoms with van der Waals surface area (Å²) in [5, 5.41) is 6.90. The lowest BCUT2D eigenvalue weighted by molar-refractivity contribution is -0.908. The van der Waals surface area contributed by atoms with Crippen molar-refractivity contribution < 1.29 is 37.1 Å². The monoisotopic (exact) mass is 939 g/mol. The number of nitrogens with one attached hydrogen (secondary N) is 2. The van der Waals surface area contributed by atoms with Crippen LogP contribution in [0.3, 0.4) is 0 Å². The van der Waals surface area contributed by atoms with Gasteiger partial charge in [0.25, 0.3) is 0 Å². The van der Waals surface area contributed by atoms with Crippen LogP contribution in [0, 0.1) is 0 Å². The van der Waals surface area contributed by atoms with Gasteiger partial charge in [0.15, 0.2) is 23.1 Å². The Kier molecular flexibility index (Phi) is 16.5. The Morgan fingerprint density at radius 1 is 0.394 bits per heavy atom. The molecule has 0 aromatic heterocycles. The predicted octanol–water partition coefficient (Wildman–Crippen LogP) is 7.17. The van der Waals surface area contributed by atoms with Gasteiger partial charge >= 0.3 is 0 Å². The molecular weight excluding hydrogens is 865 g/mol. The molecule has 66 heavy (non-hydrogen) atoms. The molecule has 4 aromatic rings. The first kappa shape index (κ1) is 50.7. The molecule has 2 aliphatic carbocycles. The highest BCUT2D eigenvalue weighted by molar-refractivity contribution is 8.76. The maximum atomic E-state index is 13.5. The molecular formula is C52H74N8O4S2+4. The first-order valence-corrected chi connectivity index (χ1v) is 25.9. The second-order valence-electron chi connectivity index (χ2n) is 20.8. The molecule has 0 amide bonds. The normalized spacial score (nSPS) is 13.9. The van der Waals surface area contributed by atoms with Crippen LogP contribution in [0.5, 0.6) is 0 Å². The summed E-state index contributed by atoms with van der Waals surface area (Å²) >= 11 is 0. The van der Waals surface area contributed by atoms with Crippen molar-refractivity contribution in [1.29, 1.82) is 0 Å². The Hall–Kier alpha value is -4.70. The molecule has 14 heteroatoms. The average Bonchev–Trinajstić information content (AvgIpc) is 3.26. The lowest BCUT2D eigenvalue weighted by Crippen LogP contribution is -2.47. The Bertz CT molecular complexity index is 2260. The van der Waals surface area contributed by atoms with E-state index < -0.39 is 0 Å². The second-order valence-corrected chi connectivity index (χ2v) is 23.5. The summed E-state index contributed by atoms with van der Waals surface area (Å²) in [6.45, 7) is 10.2. The van der Waals surface area contributed by atoms with E-state index in [1.807, 2.05) is 33.7 Å². The van der Waals surface area contributed by atoms with Crippen molar-refractivity contribution in [3.8, 4) is 0 Å². The fraction of sp³-hybridized carbons (Fsp3) is 0.462. The third-order valence-electron chi connectivity index (χ3n) is 13.4. The first-order valence-electron chi connectivity index (χ1n) is 23.4. The van der Waals surface area contributed by atoms with Gasteiger partial charge in [-0.25, -0.2) is 0 Å². The highest BCUT2D eigenvalue weighted by atomic mass is 33.1. The summed E-state index contributed by atoms with van der Waals surface area (Å²) < 4.78 is 3.88. The molecule has 0 aliphatic heterocycles. The quantitative estimate of drug-likeness (QED) is 0.0202. The molecule has 4 aromatic carbocycles. The van der Waals surface area contributed by atoms with E-state index in [0.717, 1.165) is 107 Å². The van der Waals surface area contributed by atoms with Crippen LogP contribution in [0.2, 0.25) is 0 Å². The van der Waals surface area contributed by atoms with Crippen molar-refractivity contribution in [2.45, 2.75) is 25.7 Å². The van der Waals surface area contributed by atoms with Gasteiger partial charge < -0.3 is 40.0 Å². The number of rotatable bonds is 25. The smallest absolute Gasteiger partial charge is 0.196 e. The number of hydrogen-bond donors (Lipinski definition) is 4. The van der Waals surface area contributed by atoms with E-state index in [1.54, 1.807) is 60.7 Å². The van der Waals surface area contributed by atoms with E-state index in [1.165, 1.54) is 0 Å². The number of fused-ring (bicyclic) bond motifs is 4. The van der Waals surface area contributed by atoms with Gasteiger partial charge in [-0.15, -0.1) is 0 Å². The maximum Gasteiger partial charge on any atom is 0.196 e. The van der Waals surface area contributed by atoms with Crippen LogP contribution < -0.4 is 22.1 Å². The lowest BCUT2D eigenvalue weighted by Gasteiger charge is -2.34. The molecule has 0 saturated heterocycles. The number of carbonyl (C=O) groups is 4. The predicted molar refractivity (Wildman–Crippen MR) is 276 cm³/mol. The zero-order chi connectivity index (χ0) is 47.9. The average molecular weight is 939 g/mol. The zero-order valence-corrected chi connectivity index (χ0v) is 42.3. The second kappa shape index (κ2) is 21.5. The zero-order valence-electron chi connectivity index (χ0n) is 40.6. The van der Waals surface area contributed by atoms with Crippen molar-refractivity contribution in [3.63, 3.8) is 0 Å². The molecule has 0 radical (unpaired) electrons. The van der Waals surface area contributed by atoms with Crippen LogP contribution >= 0.6 is 21.6 Å². The molecule has 0 atom stereocenters. The number of nitrogen functional groups attached to an aromatic ring is 2. The molecule has 0 heterocycles. The van der Waals surface area contributed by atoms with Crippen LogP contribution in [0.15, 0.2) is 72.8 Å². The van der Waals surface area contributed by atoms with Crippen molar-refractivity contribution in [2.24, 2.45) is 0 Å². The molecule has 2 aliphatic rings. The molecule has 0 saturated carbocycles. The number of benzene rings is 4. The number of nitrogens with zero attached hydrogens (tertiary/aromatic N) is 4. The van der Waals surface area contributed by atoms with Crippen molar-refractivity contribution in [3.05, 3.63) is 117 Å². The van der Waals surface area contributed by atoms with Crippen LogP contribution in [0.4, 0.5) is 22.7 Å². The Labute approximate surface area is 401 Å². The van der Waals surface area contributed by atoms with Gasteiger partial charge in [-0.2, -0.15) is 0 Å². The third-order valence-corrected chi connectivity index (χ3v) is 15.8. The van der Waals surface area contributed by atoms with Crippen LogP contribution in [-0.4, -0.2) is 174 Å². The summed E-state index contributed by atoms with van der Waals surface area (Å²) in [5.74, 6) is 1.57. The lowest BCUT2D eigenvalue weighted by atomic mass is 9.82. The van der Waals surface area contributed by atoms with E-state index in [-0.39, 0.29) is 23.1 Å². The Morgan fingerprint density at radius 2 is 0.682 bits per heavy atom. The number of carbonyl (C=O) groups excluding carboxylic acids is 4. The van der Waals surface area contributed by atoms with Gasteiger partial charge in [-0.1, -0.05) is 70.1 Å². The summed E-state index contributed by atoms with van der Waals surface area (Å²) in [5.41, 5.74) is 17.6. The first-order chi connectivity index (χ1) is 31.2.